The molecule has 0 heterocycles. The van der Waals surface area contributed by atoms with Crippen molar-refractivity contribution in [3.8, 4) is 17.2 Å². The second kappa shape index (κ2) is 10.1. The van der Waals surface area contributed by atoms with Gasteiger partial charge in [0.05, 0.1) is 30.5 Å². The Hall–Kier alpha value is -3.72. The van der Waals surface area contributed by atoms with Gasteiger partial charge in [0.25, 0.3) is 15.9 Å². The molecule has 1 N–H and O–H groups in total. The van der Waals surface area contributed by atoms with E-state index in [1.54, 1.807) is 72.8 Å². The van der Waals surface area contributed by atoms with E-state index in [4.69, 9.17) is 14.2 Å². The fourth-order valence-corrected chi connectivity index (χ4v) is 4.11. The van der Waals surface area contributed by atoms with Crippen LogP contribution in [0.4, 0.5) is 11.4 Å². The molecule has 0 aromatic heterocycles. The molecule has 0 aliphatic rings. The van der Waals surface area contributed by atoms with E-state index in [2.05, 4.69) is 5.32 Å². The summed E-state index contributed by atoms with van der Waals surface area (Å²) in [5.74, 6) is 1.11. The standard InChI is InChI=1S/C23H24N2O6S/c1-25(32(27,28)20-7-5-4-6-8-20)17-9-11-18(12-10-17)31-16-23(26)24-21-15-19(29-2)13-14-22(21)30-3/h4-15H,16H2,1-3H3,(H,24,26). The lowest BCUT2D eigenvalue weighted by atomic mass is 10.2. The molecule has 0 saturated carbocycles. The zero-order valence-electron chi connectivity index (χ0n) is 17.9. The molecule has 0 unspecified atom stereocenters. The summed E-state index contributed by atoms with van der Waals surface area (Å²) in [6, 6.07) is 19.7. The van der Waals surface area contributed by atoms with E-state index in [1.165, 1.54) is 25.6 Å². The Bertz CT molecular complexity index is 1160. The Morgan fingerprint density at radius 3 is 2.19 bits per heavy atom. The van der Waals surface area contributed by atoms with Gasteiger partial charge in [0.15, 0.2) is 6.61 Å². The highest BCUT2D eigenvalue weighted by molar-refractivity contribution is 7.92. The van der Waals surface area contributed by atoms with Gasteiger partial charge in [0, 0.05) is 13.1 Å². The lowest BCUT2D eigenvalue weighted by Crippen LogP contribution is -2.26. The van der Waals surface area contributed by atoms with Gasteiger partial charge in [0.2, 0.25) is 0 Å². The van der Waals surface area contributed by atoms with Crippen LogP contribution >= 0.6 is 0 Å². The first kappa shape index (κ1) is 23.0. The number of amides is 1. The van der Waals surface area contributed by atoms with Gasteiger partial charge in [0.1, 0.15) is 17.2 Å². The number of sulfonamides is 1. The zero-order valence-corrected chi connectivity index (χ0v) is 18.8. The number of rotatable bonds is 9. The van der Waals surface area contributed by atoms with Gasteiger partial charge in [-0.05, 0) is 48.5 Å². The maximum atomic E-state index is 12.7. The minimum Gasteiger partial charge on any atom is -0.497 e. The first-order valence-corrected chi connectivity index (χ1v) is 11.1. The molecule has 0 radical (unpaired) electrons. The van der Waals surface area contributed by atoms with Crippen molar-refractivity contribution in [2.24, 2.45) is 0 Å². The molecule has 0 fully saturated rings. The Balaban J connectivity index is 1.62. The van der Waals surface area contributed by atoms with E-state index < -0.39 is 10.0 Å². The van der Waals surface area contributed by atoms with E-state index >= 15 is 0 Å². The van der Waals surface area contributed by atoms with Gasteiger partial charge >= 0.3 is 0 Å². The summed E-state index contributed by atoms with van der Waals surface area (Å²) in [6.07, 6.45) is 0. The van der Waals surface area contributed by atoms with Crippen LogP contribution in [0.5, 0.6) is 17.2 Å². The maximum Gasteiger partial charge on any atom is 0.264 e. The maximum absolute atomic E-state index is 12.7. The minimum absolute atomic E-state index is 0.201. The molecule has 9 heteroatoms. The molecule has 0 bridgehead atoms. The topological polar surface area (TPSA) is 94.2 Å². The number of methoxy groups -OCH3 is 2. The molecule has 0 aliphatic carbocycles. The third kappa shape index (κ3) is 5.30. The molecule has 168 valence electrons. The van der Waals surface area contributed by atoms with Crippen LogP contribution in [0.15, 0.2) is 77.7 Å². The van der Waals surface area contributed by atoms with E-state index in [0.29, 0.717) is 28.6 Å². The summed E-state index contributed by atoms with van der Waals surface area (Å²) < 4.78 is 42.6. The van der Waals surface area contributed by atoms with Gasteiger partial charge in [-0.3, -0.25) is 9.10 Å². The Kier molecular flexibility index (Phi) is 7.21. The lowest BCUT2D eigenvalue weighted by Gasteiger charge is -2.19. The third-order valence-electron chi connectivity index (χ3n) is 4.65. The summed E-state index contributed by atoms with van der Waals surface area (Å²) in [7, 11) is 0.843. The second-order valence-corrected chi connectivity index (χ2v) is 8.65. The van der Waals surface area contributed by atoms with Gasteiger partial charge in [-0.1, -0.05) is 18.2 Å². The van der Waals surface area contributed by atoms with Crippen LogP contribution in [-0.2, 0) is 14.8 Å². The van der Waals surface area contributed by atoms with Crippen LogP contribution < -0.4 is 23.8 Å². The number of ether oxygens (including phenoxy) is 3. The first-order chi connectivity index (χ1) is 15.3. The number of nitrogens with zero attached hydrogens (tertiary/aromatic N) is 1. The van der Waals surface area contributed by atoms with Crippen molar-refractivity contribution in [2.45, 2.75) is 4.90 Å². The van der Waals surface area contributed by atoms with Gasteiger partial charge in [-0.2, -0.15) is 0 Å². The molecule has 3 aromatic carbocycles. The summed E-state index contributed by atoms with van der Waals surface area (Å²) in [6.45, 7) is -0.238. The van der Waals surface area contributed by atoms with E-state index in [1.807, 2.05) is 0 Å². The highest BCUT2D eigenvalue weighted by Crippen LogP contribution is 2.29. The number of carbonyl (C=O) groups excluding carboxylic acids is 1. The monoisotopic (exact) mass is 456 g/mol. The summed E-state index contributed by atoms with van der Waals surface area (Å²) >= 11 is 0. The largest absolute Gasteiger partial charge is 0.497 e. The number of hydrogen-bond donors (Lipinski definition) is 1. The van der Waals surface area contributed by atoms with Crippen molar-refractivity contribution in [2.75, 3.05) is 37.5 Å². The molecule has 32 heavy (non-hydrogen) atoms. The number of nitrogens with one attached hydrogen (secondary N) is 1. The average Bonchev–Trinajstić information content (AvgIpc) is 2.83. The molecule has 0 aliphatic heterocycles. The summed E-state index contributed by atoms with van der Waals surface area (Å²) in [5.41, 5.74) is 0.926. The van der Waals surface area contributed by atoms with Crippen molar-refractivity contribution in [3.05, 3.63) is 72.8 Å². The molecular weight excluding hydrogens is 432 g/mol. The Morgan fingerprint density at radius 1 is 0.906 bits per heavy atom. The summed E-state index contributed by atoms with van der Waals surface area (Å²) in [5, 5.41) is 2.72. The highest BCUT2D eigenvalue weighted by atomic mass is 32.2. The van der Waals surface area contributed by atoms with Crippen LogP contribution in [0.1, 0.15) is 0 Å². The van der Waals surface area contributed by atoms with Crippen LogP contribution in [-0.4, -0.2) is 42.2 Å². The fraction of sp³-hybridized carbons (Fsp3) is 0.174. The van der Waals surface area contributed by atoms with Crippen molar-refractivity contribution in [1.29, 1.82) is 0 Å². The lowest BCUT2D eigenvalue weighted by molar-refractivity contribution is -0.118. The first-order valence-electron chi connectivity index (χ1n) is 9.64. The smallest absolute Gasteiger partial charge is 0.264 e. The Morgan fingerprint density at radius 2 is 1.56 bits per heavy atom. The Labute approximate surface area is 187 Å². The molecule has 0 spiro atoms. The molecular formula is C23H24N2O6S. The fourth-order valence-electron chi connectivity index (χ4n) is 2.89. The molecule has 1 amide bonds. The summed E-state index contributed by atoms with van der Waals surface area (Å²) in [4.78, 5) is 12.5. The quantitative estimate of drug-likeness (QED) is 0.529. The minimum atomic E-state index is -3.67. The number of benzene rings is 3. The highest BCUT2D eigenvalue weighted by Gasteiger charge is 2.20. The van der Waals surface area contributed by atoms with Crippen molar-refractivity contribution in [1.82, 2.24) is 0 Å². The van der Waals surface area contributed by atoms with Crippen molar-refractivity contribution >= 4 is 27.3 Å². The van der Waals surface area contributed by atoms with Crippen LogP contribution in [0.25, 0.3) is 0 Å². The predicted molar refractivity (Wildman–Crippen MR) is 122 cm³/mol. The molecule has 3 aromatic rings. The van der Waals surface area contributed by atoms with Crippen molar-refractivity contribution in [3.63, 3.8) is 0 Å². The molecule has 0 atom stereocenters. The molecule has 0 saturated heterocycles. The van der Waals surface area contributed by atoms with Crippen molar-refractivity contribution < 1.29 is 27.4 Å². The number of carbonyl (C=O) groups is 1. The van der Waals surface area contributed by atoms with Gasteiger partial charge < -0.3 is 19.5 Å². The van der Waals surface area contributed by atoms with Gasteiger partial charge in [-0.25, -0.2) is 8.42 Å². The molecule has 8 nitrogen and oxygen atoms in total. The predicted octanol–water partition coefficient (Wildman–Crippen LogP) is 3.55. The zero-order chi connectivity index (χ0) is 23.1. The normalized spacial score (nSPS) is 10.8. The third-order valence-corrected chi connectivity index (χ3v) is 6.45. The molecule has 3 rings (SSSR count). The van der Waals surface area contributed by atoms with Gasteiger partial charge in [-0.15, -0.1) is 0 Å². The van der Waals surface area contributed by atoms with E-state index in [0.717, 1.165) is 0 Å². The van der Waals surface area contributed by atoms with Crippen LogP contribution in [0.3, 0.4) is 0 Å². The number of anilines is 2. The average molecular weight is 457 g/mol. The number of hydrogen-bond acceptors (Lipinski definition) is 6. The van der Waals surface area contributed by atoms with Crippen LogP contribution in [0, 0.1) is 0 Å². The second-order valence-electron chi connectivity index (χ2n) is 6.68. The van der Waals surface area contributed by atoms with E-state index in [9.17, 15) is 13.2 Å². The van der Waals surface area contributed by atoms with Crippen LogP contribution in [0.2, 0.25) is 0 Å². The SMILES string of the molecule is COc1ccc(OC)c(NC(=O)COc2ccc(N(C)S(=O)(=O)c3ccccc3)cc2)c1. The van der Waals surface area contributed by atoms with E-state index in [-0.39, 0.29) is 17.4 Å².